The Balaban J connectivity index is 1.33. The van der Waals surface area contributed by atoms with Crippen molar-refractivity contribution in [1.29, 1.82) is 0 Å². The molecule has 0 atom stereocenters. The van der Waals surface area contributed by atoms with Crippen LogP contribution in [-0.2, 0) is 6.42 Å². The maximum Gasteiger partial charge on any atom is 0.165 e. The van der Waals surface area contributed by atoms with Crippen LogP contribution in [0, 0.1) is 0 Å². The van der Waals surface area contributed by atoms with Gasteiger partial charge in [-0.15, -0.1) is 0 Å². The molecule has 6 heteroatoms. The second-order valence-electron chi connectivity index (χ2n) is 12.7. The van der Waals surface area contributed by atoms with E-state index in [1.165, 1.54) is 10.8 Å². The minimum atomic E-state index is 0.518. The van der Waals surface area contributed by atoms with Crippen molar-refractivity contribution in [3.8, 4) is 62.1 Å². The number of hydrogen-bond acceptors (Lipinski definition) is 4. The molecule has 0 bridgehead atoms. The number of halogens is 1. The molecule has 7 aromatic carbocycles. The van der Waals surface area contributed by atoms with E-state index in [2.05, 4.69) is 115 Å². The molecule has 0 N–H and O–H groups in total. The van der Waals surface area contributed by atoms with Crippen molar-refractivity contribution in [1.82, 2.24) is 24.5 Å². The van der Waals surface area contributed by atoms with E-state index in [9.17, 15) is 0 Å². The first kappa shape index (κ1) is 31.5. The fourth-order valence-corrected chi connectivity index (χ4v) is 7.24. The van der Waals surface area contributed by atoms with Crippen LogP contribution in [0.4, 0.5) is 0 Å². The van der Waals surface area contributed by atoms with E-state index in [-0.39, 0.29) is 0 Å². The number of para-hydroxylation sites is 3. The average molecular weight is 690 g/mol. The van der Waals surface area contributed by atoms with Crippen LogP contribution >= 0.6 is 11.6 Å². The van der Waals surface area contributed by atoms with Gasteiger partial charge in [0.15, 0.2) is 17.5 Å². The monoisotopic (exact) mass is 689 g/mol. The summed E-state index contributed by atoms with van der Waals surface area (Å²) in [7, 11) is 0. The van der Waals surface area contributed by atoms with Gasteiger partial charge < -0.3 is 0 Å². The van der Waals surface area contributed by atoms with E-state index in [0.717, 1.165) is 67.9 Å². The predicted molar refractivity (Wildman–Crippen MR) is 214 cm³/mol. The summed E-state index contributed by atoms with van der Waals surface area (Å²) >= 11 is 6.75. The minimum absolute atomic E-state index is 0.518. The van der Waals surface area contributed by atoms with Crippen LogP contribution < -0.4 is 0 Å². The summed E-state index contributed by atoms with van der Waals surface area (Å²) in [6, 6.07) is 56.2. The molecule has 5 nitrogen and oxygen atoms in total. The fourth-order valence-electron chi connectivity index (χ4n) is 7.02. The average Bonchev–Trinajstić information content (AvgIpc) is 3.59. The molecule has 0 unspecified atom stereocenters. The van der Waals surface area contributed by atoms with E-state index < -0.39 is 0 Å². The Bertz CT molecular complexity index is 2750. The zero-order valence-corrected chi connectivity index (χ0v) is 29.2. The predicted octanol–water partition coefficient (Wildman–Crippen LogP) is 11.9. The van der Waals surface area contributed by atoms with Crippen molar-refractivity contribution < 1.29 is 0 Å². The van der Waals surface area contributed by atoms with Crippen LogP contribution in [0.3, 0.4) is 0 Å². The second-order valence-corrected chi connectivity index (χ2v) is 13.1. The van der Waals surface area contributed by atoms with Crippen molar-refractivity contribution >= 4 is 33.4 Å². The van der Waals surface area contributed by atoms with Crippen molar-refractivity contribution in [2.75, 3.05) is 0 Å². The van der Waals surface area contributed by atoms with Gasteiger partial charge in [0.05, 0.1) is 21.7 Å². The number of aryl methyl sites for hydroxylation is 1. The van der Waals surface area contributed by atoms with Crippen LogP contribution in [0.1, 0.15) is 12.7 Å². The molecular formula is C46H32ClN5. The second kappa shape index (κ2) is 13.4. The summed E-state index contributed by atoms with van der Waals surface area (Å²) in [5.74, 6) is 2.67. The maximum atomic E-state index is 6.75. The highest BCUT2D eigenvalue weighted by Gasteiger charge is 2.19. The summed E-state index contributed by atoms with van der Waals surface area (Å²) in [6.07, 6.45) is 0.794. The molecule has 0 aliphatic rings. The molecule has 2 heterocycles. The SMILES string of the molecule is CCc1nc2ccccc2n1-c1ccccc1-c1cc(-c2nc(-c3ccccc3)nc(-c3ccccc3Cl)n2)cc(-c2cccc3ccccc23)c1. The normalized spacial score (nSPS) is 11.3. The number of imidazole rings is 1. The lowest BCUT2D eigenvalue weighted by Gasteiger charge is -2.17. The van der Waals surface area contributed by atoms with Crippen LogP contribution in [0.2, 0.25) is 5.02 Å². The van der Waals surface area contributed by atoms with Crippen molar-refractivity contribution in [2.45, 2.75) is 13.3 Å². The maximum absolute atomic E-state index is 6.75. The van der Waals surface area contributed by atoms with Crippen LogP contribution in [0.15, 0.2) is 164 Å². The van der Waals surface area contributed by atoms with Gasteiger partial charge in [0.2, 0.25) is 0 Å². The molecule has 0 aliphatic heterocycles. The van der Waals surface area contributed by atoms with Gasteiger partial charge >= 0.3 is 0 Å². The molecule has 0 spiro atoms. The van der Waals surface area contributed by atoms with E-state index in [1.807, 2.05) is 60.7 Å². The molecule has 0 amide bonds. The van der Waals surface area contributed by atoms with Gasteiger partial charge in [0.1, 0.15) is 5.82 Å². The van der Waals surface area contributed by atoms with Crippen LogP contribution in [-0.4, -0.2) is 24.5 Å². The smallest absolute Gasteiger partial charge is 0.165 e. The molecule has 9 aromatic rings. The van der Waals surface area contributed by atoms with Gasteiger partial charge in [-0.3, -0.25) is 4.57 Å². The minimum Gasteiger partial charge on any atom is -0.296 e. The van der Waals surface area contributed by atoms with Crippen molar-refractivity contribution in [3.63, 3.8) is 0 Å². The summed E-state index contributed by atoms with van der Waals surface area (Å²) < 4.78 is 2.29. The Morgan fingerprint density at radius 1 is 0.481 bits per heavy atom. The Hall–Kier alpha value is -6.43. The lowest BCUT2D eigenvalue weighted by molar-refractivity contribution is 0.909. The quantitative estimate of drug-likeness (QED) is 0.167. The van der Waals surface area contributed by atoms with Gasteiger partial charge in [-0.25, -0.2) is 19.9 Å². The third kappa shape index (κ3) is 5.71. The lowest BCUT2D eigenvalue weighted by atomic mass is 9.92. The summed E-state index contributed by atoms with van der Waals surface area (Å²) in [5.41, 5.74) is 9.94. The van der Waals surface area contributed by atoms with E-state index >= 15 is 0 Å². The molecule has 0 radical (unpaired) electrons. The first-order valence-corrected chi connectivity index (χ1v) is 17.8. The van der Waals surface area contributed by atoms with Gasteiger partial charge in [0, 0.05) is 28.7 Å². The molecule has 0 saturated carbocycles. The number of hydrogen-bond donors (Lipinski definition) is 0. The van der Waals surface area contributed by atoms with Crippen LogP contribution in [0.5, 0.6) is 0 Å². The topological polar surface area (TPSA) is 56.5 Å². The van der Waals surface area contributed by atoms with Crippen molar-refractivity contribution in [2.24, 2.45) is 0 Å². The van der Waals surface area contributed by atoms with Gasteiger partial charge in [0.25, 0.3) is 0 Å². The number of fused-ring (bicyclic) bond motifs is 2. The number of aromatic nitrogens is 5. The Morgan fingerprint density at radius 3 is 1.90 bits per heavy atom. The molecule has 2 aromatic heterocycles. The molecule has 248 valence electrons. The Morgan fingerprint density at radius 2 is 1.08 bits per heavy atom. The van der Waals surface area contributed by atoms with Gasteiger partial charge in [-0.05, 0) is 76.0 Å². The highest BCUT2D eigenvalue weighted by Crippen LogP contribution is 2.39. The fraction of sp³-hybridized carbons (Fsp3) is 0.0435. The summed E-state index contributed by atoms with van der Waals surface area (Å²) in [5, 5.41) is 2.93. The van der Waals surface area contributed by atoms with Crippen molar-refractivity contribution in [3.05, 3.63) is 175 Å². The molecule has 0 aliphatic carbocycles. The first-order valence-electron chi connectivity index (χ1n) is 17.4. The molecule has 9 rings (SSSR count). The number of rotatable bonds is 7. The zero-order chi connectivity index (χ0) is 35.0. The molecule has 0 fully saturated rings. The Kier molecular flexibility index (Phi) is 8.11. The first-order chi connectivity index (χ1) is 25.6. The van der Waals surface area contributed by atoms with Crippen LogP contribution in [0.25, 0.3) is 83.9 Å². The largest absolute Gasteiger partial charge is 0.296 e. The van der Waals surface area contributed by atoms with Gasteiger partial charge in [-0.1, -0.05) is 134 Å². The third-order valence-electron chi connectivity index (χ3n) is 9.48. The van der Waals surface area contributed by atoms with E-state index in [0.29, 0.717) is 22.5 Å². The molecular weight excluding hydrogens is 658 g/mol. The number of nitrogens with zero attached hydrogens (tertiary/aromatic N) is 5. The van der Waals surface area contributed by atoms with E-state index in [1.54, 1.807) is 0 Å². The number of benzene rings is 7. The lowest BCUT2D eigenvalue weighted by Crippen LogP contribution is -2.03. The van der Waals surface area contributed by atoms with E-state index in [4.69, 9.17) is 31.5 Å². The highest BCUT2D eigenvalue weighted by atomic mass is 35.5. The van der Waals surface area contributed by atoms with Gasteiger partial charge in [-0.2, -0.15) is 0 Å². The zero-order valence-electron chi connectivity index (χ0n) is 28.4. The highest BCUT2D eigenvalue weighted by molar-refractivity contribution is 6.33. The summed E-state index contributed by atoms with van der Waals surface area (Å²) in [6.45, 7) is 2.15. The third-order valence-corrected chi connectivity index (χ3v) is 9.81. The standard InChI is InChI=1S/C46H32ClN5/c1-2-43-48-40-24-11-13-26-42(40)52(43)41-25-12-9-20-37(41)33-27-32(36-22-14-18-30-15-6-7-19-35(30)36)28-34(29-33)45-49-44(31-16-4-3-5-17-31)50-46(51-45)38-21-8-10-23-39(38)47/h3-29H,2H2,1H3. The Labute approximate surface area is 306 Å². The molecule has 52 heavy (non-hydrogen) atoms. The molecule has 0 saturated heterocycles. The summed E-state index contributed by atoms with van der Waals surface area (Å²) in [4.78, 5) is 20.2.